The van der Waals surface area contributed by atoms with Crippen molar-refractivity contribution >= 4 is 17.2 Å². The number of benzene rings is 2. The van der Waals surface area contributed by atoms with E-state index < -0.39 is 0 Å². The van der Waals surface area contributed by atoms with E-state index >= 15 is 0 Å². The molecule has 1 aromatic heterocycles. The molecule has 0 aliphatic rings. The number of methoxy groups -OCH3 is 3. The first-order chi connectivity index (χ1) is 11.2. The van der Waals surface area contributed by atoms with Gasteiger partial charge in [0.25, 0.3) is 0 Å². The lowest BCUT2D eigenvalue weighted by Gasteiger charge is -2.11. The van der Waals surface area contributed by atoms with E-state index in [-0.39, 0.29) is 0 Å². The highest BCUT2D eigenvalue weighted by Crippen LogP contribution is 2.40. The molecule has 0 aliphatic carbocycles. The predicted molar refractivity (Wildman–Crippen MR) is 88.8 cm³/mol. The van der Waals surface area contributed by atoms with Gasteiger partial charge in [0.15, 0.2) is 6.29 Å². The summed E-state index contributed by atoms with van der Waals surface area (Å²) in [6.07, 6.45) is 2.65. The van der Waals surface area contributed by atoms with Crippen LogP contribution in [-0.2, 0) is 0 Å². The lowest BCUT2D eigenvalue weighted by atomic mass is 10.0. The summed E-state index contributed by atoms with van der Waals surface area (Å²) in [7, 11) is 4.76. The number of aromatic nitrogens is 1. The number of carbonyl (C=O) groups excluding carboxylic acids is 1. The molecule has 118 valence electrons. The molecule has 0 fully saturated rings. The first kappa shape index (κ1) is 15.0. The number of hydrogen-bond donors (Lipinski definition) is 1. The fourth-order valence-electron chi connectivity index (χ4n) is 2.73. The van der Waals surface area contributed by atoms with Crippen LogP contribution < -0.4 is 14.2 Å². The fraction of sp³-hybridized carbons (Fsp3) is 0.167. The number of carbonyl (C=O) groups is 1. The van der Waals surface area contributed by atoms with Crippen LogP contribution in [-0.4, -0.2) is 32.6 Å². The highest BCUT2D eigenvalue weighted by Gasteiger charge is 2.18. The van der Waals surface area contributed by atoms with Crippen molar-refractivity contribution in [2.75, 3.05) is 21.3 Å². The van der Waals surface area contributed by atoms with Gasteiger partial charge in [-0.1, -0.05) is 12.1 Å². The molecule has 0 saturated heterocycles. The van der Waals surface area contributed by atoms with Crippen molar-refractivity contribution in [1.82, 2.24) is 4.98 Å². The maximum atomic E-state index is 11.5. The average Bonchev–Trinajstić information content (AvgIpc) is 3.05. The summed E-state index contributed by atoms with van der Waals surface area (Å²) in [6.45, 7) is 0. The van der Waals surface area contributed by atoms with E-state index in [4.69, 9.17) is 14.2 Å². The Balaban J connectivity index is 2.28. The van der Waals surface area contributed by atoms with Crippen molar-refractivity contribution in [3.63, 3.8) is 0 Å². The maximum Gasteiger partial charge on any atom is 0.155 e. The number of H-pyrrole nitrogens is 1. The Kier molecular flexibility index (Phi) is 3.93. The van der Waals surface area contributed by atoms with Gasteiger partial charge in [-0.05, 0) is 17.7 Å². The summed E-state index contributed by atoms with van der Waals surface area (Å²) >= 11 is 0. The quantitative estimate of drug-likeness (QED) is 0.730. The Morgan fingerprint density at radius 3 is 2.22 bits per heavy atom. The summed E-state index contributed by atoms with van der Waals surface area (Å²) in [4.78, 5) is 14.6. The molecule has 0 radical (unpaired) electrons. The molecule has 0 bridgehead atoms. The summed E-state index contributed by atoms with van der Waals surface area (Å²) < 4.78 is 16.0. The van der Waals surface area contributed by atoms with Crippen LogP contribution in [0.3, 0.4) is 0 Å². The zero-order chi connectivity index (χ0) is 16.4. The third kappa shape index (κ3) is 2.40. The molecule has 3 rings (SSSR count). The van der Waals surface area contributed by atoms with E-state index in [9.17, 15) is 4.79 Å². The first-order valence-corrected chi connectivity index (χ1v) is 7.09. The minimum atomic E-state index is 0.475. The molecular weight excluding hydrogens is 294 g/mol. The number of aromatic amines is 1. The van der Waals surface area contributed by atoms with Gasteiger partial charge in [-0.25, -0.2) is 0 Å². The molecule has 5 heteroatoms. The largest absolute Gasteiger partial charge is 0.497 e. The van der Waals surface area contributed by atoms with Gasteiger partial charge in [-0.2, -0.15) is 0 Å². The third-order valence-corrected chi connectivity index (χ3v) is 3.88. The number of hydrogen-bond acceptors (Lipinski definition) is 4. The number of ether oxygens (including phenoxy) is 3. The second-order valence-corrected chi connectivity index (χ2v) is 4.99. The summed E-state index contributed by atoms with van der Waals surface area (Å²) in [5, 5.41) is 0.848. The van der Waals surface area contributed by atoms with Crippen molar-refractivity contribution in [2.45, 2.75) is 0 Å². The van der Waals surface area contributed by atoms with E-state index in [2.05, 4.69) is 4.98 Å². The zero-order valence-electron chi connectivity index (χ0n) is 13.2. The van der Waals surface area contributed by atoms with E-state index in [0.29, 0.717) is 22.6 Å². The van der Waals surface area contributed by atoms with Crippen LogP contribution >= 0.6 is 0 Å². The number of fused-ring (bicyclic) bond motifs is 1. The number of aldehydes is 1. The van der Waals surface area contributed by atoms with Crippen molar-refractivity contribution < 1.29 is 19.0 Å². The fourth-order valence-corrected chi connectivity index (χ4v) is 2.73. The molecule has 23 heavy (non-hydrogen) atoms. The smallest absolute Gasteiger partial charge is 0.155 e. The molecule has 0 unspecified atom stereocenters. The molecule has 0 saturated carbocycles. The van der Waals surface area contributed by atoms with Gasteiger partial charge in [0.1, 0.15) is 17.2 Å². The van der Waals surface area contributed by atoms with Gasteiger partial charge in [0.05, 0.1) is 37.8 Å². The molecule has 0 amide bonds. The Morgan fingerprint density at radius 2 is 1.65 bits per heavy atom. The topological polar surface area (TPSA) is 60.6 Å². The van der Waals surface area contributed by atoms with Crippen LogP contribution in [0.4, 0.5) is 0 Å². The Morgan fingerprint density at radius 1 is 0.957 bits per heavy atom. The van der Waals surface area contributed by atoms with E-state index in [1.807, 2.05) is 30.5 Å². The van der Waals surface area contributed by atoms with Crippen molar-refractivity contribution in [2.24, 2.45) is 0 Å². The van der Waals surface area contributed by atoms with Gasteiger partial charge in [-0.3, -0.25) is 4.79 Å². The molecule has 0 spiro atoms. The van der Waals surface area contributed by atoms with Gasteiger partial charge in [0, 0.05) is 17.8 Å². The monoisotopic (exact) mass is 311 g/mol. The molecule has 3 aromatic rings. The second kappa shape index (κ2) is 6.04. The summed E-state index contributed by atoms with van der Waals surface area (Å²) in [6, 6.07) is 9.44. The molecule has 0 atom stereocenters. The predicted octanol–water partition coefficient (Wildman–Crippen LogP) is 3.67. The van der Waals surface area contributed by atoms with Crippen molar-refractivity contribution in [3.8, 4) is 28.4 Å². The summed E-state index contributed by atoms with van der Waals surface area (Å²) in [5.74, 6) is 1.91. The van der Waals surface area contributed by atoms with Crippen LogP contribution in [0.25, 0.3) is 22.0 Å². The lowest BCUT2D eigenvalue weighted by Crippen LogP contribution is -1.95. The van der Waals surface area contributed by atoms with Crippen molar-refractivity contribution in [1.29, 1.82) is 0 Å². The average molecular weight is 311 g/mol. The molecule has 1 heterocycles. The zero-order valence-corrected chi connectivity index (χ0v) is 13.2. The second-order valence-electron chi connectivity index (χ2n) is 4.99. The van der Waals surface area contributed by atoms with Gasteiger partial charge in [-0.15, -0.1) is 0 Å². The summed E-state index contributed by atoms with van der Waals surface area (Å²) in [5.41, 5.74) is 3.12. The lowest BCUT2D eigenvalue weighted by molar-refractivity contribution is 0.112. The van der Waals surface area contributed by atoms with Gasteiger partial charge < -0.3 is 19.2 Å². The minimum absolute atomic E-state index is 0.475. The molecule has 2 aromatic carbocycles. The molecule has 1 N–H and O–H groups in total. The van der Waals surface area contributed by atoms with Gasteiger partial charge in [0.2, 0.25) is 0 Å². The van der Waals surface area contributed by atoms with Gasteiger partial charge >= 0.3 is 0 Å². The normalized spacial score (nSPS) is 10.6. The van der Waals surface area contributed by atoms with E-state index in [0.717, 1.165) is 28.5 Å². The van der Waals surface area contributed by atoms with Crippen LogP contribution in [0.5, 0.6) is 17.2 Å². The van der Waals surface area contributed by atoms with E-state index in [1.54, 1.807) is 20.3 Å². The van der Waals surface area contributed by atoms with E-state index in [1.165, 1.54) is 7.11 Å². The Hall–Kier alpha value is -2.95. The number of rotatable bonds is 5. The highest BCUT2D eigenvalue weighted by molar-refractivity contribution is 6.08. The maximum absolute atomic E-state index is 11.5. The molecular formula is C18H17NO4. The van der Waals surface area contributed by atoms with Crippen LogP contribution in [0, 0.1) is 0 Å². The Labute approximate surface area is 133 Å². The SMILES string of the molecule is COc1ccc(-c2c[nH]c3c(C=O)c(OC)cc(OC)c23)cc1. The number of nitrogens with one attached hydrogen (secondary N) is 1. The Bertz CT molecular complexity index is 850. The standard InChI is InChI=1S/C18H17NO4/c1-21-12-6-4-11(5-7-12)13-9-19-18-14(10-20)15(22-2)8-16(23-3)17(13)18/h4-10,19H,1-3H3. The minimum Gasteiger partial charge on any atom is -0.497 e. The van der Waals surface area contributed by atoms with Crippen LogP contribution in [0.1, 0.15) is 10.4 Å². The van der Waals surface area contributed by atoms with Crippen molar-refractivity contribution in [3.05, 3.63) is 42.1 Å². The third-order valence-electron chi connectivity index (χ3n) is 3.88. The van der Waals surface area contributed by atoms with Crippen LogP contribution in [0.2, 0.25) is 0 Å². The first-order valence-electron chi connectivity index (χ1n) is 7.09. The highest BCUT2D eigenvalue weighted by atomic mass is 16.5. The molecule has 5 nitrogen and oxygen atoms in total. The molecule has 0 aliphatic heterocycles. The van der Waals surface area contributed by atoms with Crippen LogP contribution in [0.15, 0.2) is 36.5 Å².